The first kappa shape index (κ1) is 12.1. The van der Waals surface area contributed by atoms with Crippen LogP contribution in [0.3, 0.4) is 0 Å². The van der Waals surface area contributed by atoms with Crippen molar-refractivity contribution in [2.24, 2.45) is 0 Å². The Bertz CT molecular complexity index is 366. The summed E-state index contributed by atoms with van der Waals surface area (Å²) >= 11 is 0. The van der Waals surface area contributed by atoms with Gasteiger partial charge >= 0.3 is 5.97 Å². The van der Waals surface area contributed by atoms with Crippen molar-refractivity contribution in [3.63, 3.8) is 0 Å². The monoisotopic (exact) mass is 227 g/mol. The van der Waals surface area contributed by atoms with E-state index in [1.807, 2.05) is 0 Å². The smallest absolute Gasteiger partial charge is 0.309 e. The summed E-state index contributed by atoms with van der Waals surface area (Å²) in [5.74, 6) is -0.0235. The topological polar surface area (TPSA) is 77.9 Å². The Hall–Kier alpha value is -1.98. The van der Waals surface area contributed by atoms with Crippen LogP contribution in [-0.2, 0) is 11.2 Å². The number of pyridine rings is 1. The number of carboxylic acids is 1. The van der Waals surface area contributed by atoms with Crippen LogP contribution >= 0.6 is 0 Å². The third-order valence-corrected chi connectivity index (χ3v) is 1.91. The third-order valence-electron chi connectivity index (χ3n) is 1.91. The maximum absolute atomic E-state index is 10.6. The summed E-state index contributed by atoms with van der Waals surface area (Å²) in [6.07, 6.45) is -0.198. The van der Waals surface area contributed by atoms with Gasteiger partial charge in [0.25, 0.3) is 5.88 Å². The van der Waals surface area contributed by atoms with Crippen LogP contribution in [0.4, 0.5) is 0 Å². The van der Waals surface area contributed by atoms with Crippen LogP contribution in [-0.4, -0.2) is 37.4 Å². The molecule has 0 atom stereocenters. The first-order valence-electron chi connectivity index (χ1n) is 4.50. The van der Waals surface area contributed by atoms with Gasteiger partial charge in [0.1, 0.15) is 0 Å². The SMILES string of the molecule is COc1cc(CC(=O)O)nc(OC)c1OC. The maximum atomic E-state index is 10.6. The Kier molecular flexibility index (Phi) is 3.93. The Morgan fingerprint density at radius 3 is 2.44 bits per heavy atom. The Morgan fingerprint density at radius 1 is 1.31 bits per heavy atom. The predicted octanol–water partition coefficient (Wildman–Crippen LogP) is 0.734. The summed E-state index contributed by atoms with van der Waals surface area (Å²) in [4.78, 5) is 14.6. The van der Waals surface area contributed by atoms with Gasteiger partial charge in [0.2, 0.25) is 5.75 Å². The standard InChI is InChI=1S/C10H13NO5/c1-14-7-4-6(5-8(12)13)11-10(16-3)9(7)15-2/h4H,5H2,1-3H3,(H,12,13). The van der Waals surface area contributed by atoms with E-state index in [1.54, 1.807) is 0 Å². The predicted molar refractivity (Wildman–Crippen MR) is 55.2 cm³/mol. The minimum atomic E-state index is -0.971. The highest BCUT2D eigenvalue weighted by Gasteiger charge is 2.15. The molecule has 0 saturated heterocycles. The second kappa shape index (κ2) is 5.20. The van der Waals surface area contributed by atoms with Crippen molar-refractivity contribution in [2.75, 3.05) is 21.3 Å². The fourth-order valence-corrected chi connectivity index (χ4v) is 1.26. The number of aliphatic carboxylic acids is 1. The van der Waals surface area contributed by atoms with Crippen LogP contribution in [0, 0.1) is 0 Å². The zero-order valence-corrected chi connectivity index (χ0v) is 9.31. The summed E-state index contributed by atoms with van der Waals surface area (Å²) in [5.41, 5.74) is 0.349. The molecule has 0 aliphatic carbocycles. The molecule has 0 aliphatic rings. The van der Waals surface area contributed by atoms with Gasteiger partial charge in [-0.1, -0.05) is 0 Å². The van der Waals surface area contributed by atoms with Crippen LogP contribution < -0.4 is 14.2 Å². The fraction of sp³-hybridized carbons (Fsp3) is 0.400. The van der Waals surface area contributed by atoms with Gasteiger partial charge < -0.3 is 19.3 Å². The van der Waals surface area contributed by atoms with Gasteiger partial charge in [-0.3, -0.25) is 4.79 Å². The molecule has 1 aromatic rings. The summed E-state index contributed by atoms with van der Waals surface area (Å²) < 4.78 is 15.1. The average Bonchev–Trinajstić information content (AvgIpc) is 2.26. The molecule has 0 aromatic carbocycles. The molecule has 1 rings (SSSR count). The van der Waals surface area contributed by atoms with Crippen LogP contribution in [0.2, 0.25) is 0 Å². The molecule has 0 bridgehead atoms. The van der Waals surface area contributed by atoms with E-state index >= 15 is 0 Å². The minimum absolute atomic E-state index is 0.198. The number of nitrogens with zero attached hydrogens (tertiary/aromatic N) is 1. The van der Waals surface area contributed by atoms with Crippen molar-refractivity contribution in [3.05, 3.63) is 11.8 Å². The summed E-state index contributed by atoms with van der Waals surface area (Å²) in [6.45, 7) is 0. The zero-order valence-electron chi connectivity index (χ0n) is 9.31. The molecule has 1 aromatic heterocycles. The Labute approximate surface area is 92.8 Å². The van der Waals surface area contributed by atoms with Crippen LogP contribution in [0.1, 0.15) is 5.69 Å². The minimum Gasteiger partial charge on any atom is -0.493 e. The third kappa shape index (κ3) is 2.53. The molecule has 0 saturated carbocycles. The van der Waals surface area contributed by atoms with Crippen LogP contribution in [0.25, 0.3) is 0 Å². The second-order valence-corrected chi connectivity index (χ2v) is 2.93. The molecule has 6 heteroatoms. The lowest BCUT2D eigenvalue weighted by Gasteiger charge is -2.12. The van der Waals surface area contributed by atoms with E-state index in [9.17, 15) is 4.79 Å². The molecule has 16 heavy (non-hydrogen) atoms. The Morgan fingerprint density at radius 2 is 2.00 bits per heavy atom. The van der Waals surface area contributed by atoms with E-state index in [1.165, 1.54) is 27.4 Å². The van der Waals surface area contributed by atoms with Crippen LogP contribution in [0.15, 0.2) is 6.07 Å². The first-order valence-corrected chi connectivity index (χ1v) is 4.50. The zero-order chi connectivity index (χ0) is 12.1. The van der Waals surface area contributed by atoms with Gasteiger partial charge in [0, 0.05) is 6.07 Å². The fourth-order valence-electron chi connectivity index (χ4n) is 1.26. The molecular formula is C10H13NO5. The lowest BCUT2D eigenvalue weighted by molar-refractivity contribution is -0.136. The van der Waals surface area contributed by atoms with E-state index < -0.39 is 5.97 Å². The summed E-state index contributed by atoms with van der Waals surface area (Å²) in [7, 11) is 4.34. The molecule has 0 spiro atoms. The highest BCUT2D eigenvalue weighted by atomic mass is 16.5. The van der Waals surface area contributed by atoms with Gasteiger partial charge in [-0.05, 0) is 0 Å². The molecule has 1 N–H and O–H groups in total. The van der Waals surface area contributed by atoms with E-state index in [0.717, 1.165) is 0 Å². The number of hydrogen-bond acceptors (Lipinski definition) is 5. The van der Waals surface area contributed by atoms with Gasteiger partial charge in [-0.2, -0.15) is 0 Å². The number of hydrogen-bond donors (Lipinski definition) is 1. The number of ether oxygens (including phenoxy) is 3. The number of methoxy groups -OCH3 is 3. The van der Waals surface area contributed by atoms with E-state index in [0.29, 0.717) is 17.2 Å². The number of carbonyl (C=O) groups is 1. The van der Waals surface area contributed by atoms with Crippen LogP contribution in [0.5, 0.6) is 17.4 Å². The summed E-state index contributed by atoms with van der Waals surface area (Å²) in [6, 6.07) is 1.51. The molecule has 1 heterocycles. The van der Waals surface area contributed by atoms with Gasteiger partial charge in [0.15, 0.2) is 5.75 Å². The van der Waals surface area contributed by atoms with Crippen molar-refractivity contribution in [1.82, 2.24) is 4.98 Å². The Balaban J connectivity index is 3.20. The van der Waals surface area contributed by atoms with Crippen molar-refractivity contribution in [1.29, 1.82) is 0 Å². The van der Waals surface area contributed by atoms with Crippen molar-refractivity contribution < 1.29 is 24.1 Å². The first-order chi connectivity index (χ1) is 7.62. The molecule has 0 aliphatic heterocycles. The van der Waals surface area contributed by atoms with E-state index in [4.69, 9.17) is 19.3 Å². The number of rotatable bonds is 5. The normalized spacial score (nSPS) is 9.69. The number of carboxylic acid groups (broad SMARTS) is 1. The highest BCUT2D eigenvalue weighted by Crippen LogP contribution is 2.35. The number of aromatic nitrogens is 1. The van der Waals surface area contributed by atoms with Gasteiger partial charge in [-0.25, -0.2) is 4.98 Å². The molecular weight excluding hydrogens is 214 g/mol. The molecule has 88 valence electrons. The lowest BCUT2D eigenvalue weighted by Crippen LogP contribution is -2.05. The quantitative estimate of drug-likeness (QED) is 0.799. The molecule has 0 amide bonds. The van der Waals surface area contributed by atoms with Gasteiger partial charge in [-0.15, -0.1) is 0 Å². The largest absolute Gasteiger partial charge is 0.493 e. The second-order valence-electron chi connectivity index (χ2n) is 2.93. The van der Waals surface area contributed by atoms with Crippen molar-refractivity contribution >= 4 is 5.97 Å². The molecule has 0 fully saturated rings. The molecule has 6 nitrogen and oxygen atoms in total. The average molecular weight is 227 g/mol. The maximum Gasteiger partial charge on any atom is 0.309 e. The van der Waals surface area contributed by atoms with Crippen molar-refractivity contribution in [3.8, 4) is 17.4 Å². The van der Waals surface area contributed by atoms with E-state index in [2.05, 4.69) is 4.98 Å². The molecule has 0 radical (unpaired) electrons. The van der Waals surface area contributed by atoms with Crippen molar-refractivity contribution in [2.45, 2.75) is 6.42 Å². The highest BCUT2D eigenvalue weighted by molar-refractivity contribution is 5.70. The van der Waals surface area contributed by atoms with E-state index in [-0.39, 0.29) is 12.3 Å². The summed E-state index contributed by atoms with van der Waals surface area (Å²) in [5, 5.41) is 8.67. The lowest BCUT2D eigenvalue weighted by atomic mass is 10.2. The molecule has 0 unspecified atom stereocenters. The van der Waals surface area contributed by atoms with Gasteiger partial charge in [0.05, 0.1) is 33.4 Å².